The van der Waals surface area contributed by atoms with Crippen LogP contribution in [0.3, 0.4) is 0 Å². The van der Waals surface area contributed by atoms with Crippen molar-refractivity contribution in [3.05, 3.63) is 0 Å². The van der Waals surface area contributed by atoms with Crippen LogP contribution in [0.15, 0.2) is 0 Å². The van der Waals surface area contributed by atoms with Crippen molar-refractivity contribution in [1.82, 2.24) is 0 Å². The van der Waals surface area contributed by atoms with E-state index in [2.05, 4.69) is 123 Å². The maximum atomic E-state index is 2.80. The highest BCUT2D eigenvalue weighted by Crippen LogP contribution is 2.51. The third-order valence-electron chi connectivity index (χ3n) is 7.13. The molecule has 0 heterocycles. The van der Waals surface area contributed by atoms with E-state index in [4.69, 9.17) is 0 Å². The van der Waals surface area contributed by atoms with Crippen molar-refractivity contribution in [3.8, 4) is 0 Å². The molecule has 1 fully saturated rings. The zero-order valence-electron chi connectivity index (χ0n) is 17.1. The number of hydrogen-bond acceptors (Lipinski definition) is 0. The van der Waals surface area contributed by atoms with E-state index in [0.717, 1.165) is 17.8 Å². The molecule has 3 heteroatoms. The molecule has 0 aromatic heterocycles. The van der Waals surface area contributed by atoms with E-state index in [1.807, 2.05) is 0 Å². The molecule has 0 amide bonds. The first-order valence-electron chi connectivity index (χ1n) is 9.65. The summed E-state index contributed by atoms with van der Waals surface area (Å²) in [7, 11) is 0. The van der Waals surface area contributed by atoms with Gasteiger partial charge in [-0.15, -0.1) is 0 Å². The molecule has 0 aromatic carbocycles. The van der Waals surface area contributed by atoms with Gasteiger partial charge in [-0.05, 0) is 55.3 Å². The second-order valence-corrected chi connectivity index (χ2v) is 17.8. The second-order valence-electron chi connectivity index (χ2n) is 10.1. The first-order valence-corrected chi connectivity index (χ1v) is 12.9. The summed E-state index contributed by atoms with van der Waals surface area (Å²) in [6.45, 7) is 19.4. The van der Waals surface area contributed by atoms with E-state index in [1.54, 1.807) is 0 Å². The SMILES string of the molecule is CC(C)C(C)(I)CC1CCC(C(C)(I)CCC(C)(C)C(C)(C)I)C1. The minimum Gasteiger partial charge on any atom is -0.0789 e. The molecule has 0 aliphatic heterocycles. The van der Waals surface area contributed by atoms with Gasteiger partial charge in [0.1, 0.15) is 0 Å². The summed E-state index contributed by atoms with van der Waals surface area (Å²) >= 11 is 8.16. The lowest BCUT2D eigenvalue weighted by atomic mass is 9.74. The summed E-state index contributed by atoms with van der Waals surface area (Å²) in [6.07, 6.45) is 8.45. The van der Waals surface area contributed by atoms with Gasteiger partial charge < -0.3 is 0 Å². The van der Waals surface area contributed by atoms with Crippen LogP contribution in [0.5, 0.6) is 0 Å². The van der Waals surface area contributed by atoms with Gasteiger partial charge >= 0.3 is 0 Å². The molecule has 0 bridgehead atoms. The average molecular weight is 672 g/mol. The molecule has 0 N–H and O–H groups in total. The molecular weight excluding hydrogens is 633 g/mol. The minimum absolute atomic E-state index is 0.357. The van der Waals surface area contributed by atoms with Gasteiger partial charge in [-0.3, -0.25) is 0 Å². The van der Waals surface area contributed by atoms with E-state index in [1.165, 1.54) is 38.5 Å². The number of rotatable bonds is 8. The Morgan fingerprint density at radius 2 is 1.42 bits per heavy atom. The molecule has 144 valence electrons. The van der Waals surface area contributed by atoms with Crippen LogP contribution in [0.1, 0.15) is 93.9 Å². The minimum atomic E-state index is 0.357. The number of halogens is 3. The topological polar surface area (TPSA) is 0 Å². The molecule has 0 saturated heterocycles. The van der Waals surface area contributed by atoms with E-state index in [9.17, 15) is 0 Å². The standard InChI is InChI=1S/C21H39I3/c1-15(2)21(8,24)14-16-9-10-17(13-16)20(7,23)12-11-18(3,4)19(5,6)22/h15-17H,9-14H2,1-8H3. The molecule has 0 spiro atoms. The second kappa shape index (κ2) is 8.69. The Hall–Kier alpha value is 2.19. The van der Waals surface area contributed by atoms with Gasteiger partial charge in [-0.1, -0.05) is 130 Å². The highest BCUT2D eigenvalue weighted by atomic mass is 127. The summed E-state index contributed by atoms with van der Waals surface area (Å²) in [5.74, 6) is 2.63. The van der Waals surface area contributed by atoms with Crippen LogP contribution in [-0.4, -0.2) is 10.3 Å². The first-order chi connectivity index (χ1) is 10.6. The molecule has 4 atom stereocenters. The lowest BCUT2D eigenvalue weighted by molar-refractivity contribution is 0.241. The fourth-order valence-electron chi connectivity index (χ4n) is 3.67. The van der Waals surface area contributed by atoms with Crippen LogP contribution in [0.25, 0.3) is 0 Å². The zero-order valence-corrected chi connectivity index (χ0v) is 23.6. The predicted molar refractivity (Wildman–Crippen MR) is 136 cm³/mol. The Kier molecular flexibility index (Phi) is 8.77. The molecule has 24 heavy (non-hydrogen) atoms. The number of hydrogen-bond donors (Lipinski definition) is 0. The van der Waals surface area contributed by atoms with Gasteiger partial charge in [0.25, 0.3) is 0 Å². The van der Waals surface area contributed by atoms with Crippen LogP contribution in [-0.2, 0) is 0 Å². The summed E-state index contributed by atoms with van der Waals surface area (Å²) in [4.78, 5) is 0. The quantitative estimate of drug-likeness (QED) is 0.179. The van der Waals surface area contributed by atoms with Crippen molar-refractivity contribution in [2.45, 2.75) is 104 Å². The lowest BCUT2D eigenvalue weighted by Crippen LogP contribution is -2.36. The predicted octanol–water partition coefficient (Wildman–Crippen LogP) is 8.86. The monoisotopic (exact) mass is 672 g/mol. The Bertz CT molecular complexity index is 402. The maximum absolute atomic E-state index is 2.80. The van der Waals surface area contributed by atoms with Crippen molar-refractivity contribution in [2.24, 2.45) is 23.2 Å². The van der Waals surface area contributed by atoms with Crippen molar-refractivity contribution < 1.29 is 0 Å². The summed E-state index contributed by atoms with van der Waals surface area (Å²) in [6, 6.07) is 0. The van der Waals surface area contributed by atoms with Gasteiger partial charge in [0.15, 0.2) is 0 Å². The van der Waals surface area contributed by atoms with E-state index in [0.29, 0.717) is 15.7 Å². The van der Waals surface area contributed by atoms with Crippen LogP contribution in [0, 0.1) is 23.2 Å². The molecule has 1 aliphatic rings. The van der Waals surface area contributed by atoms with E-state index < -0.39 is 0 Å². The van der Waals surface area contributed by atoms with Gasteiger partial charge in [0.2, 0.25) is 0 Å². The Labute approximate surface area is 193 Å². The highest BCUT2D eigenvalue weighted by molar-refractivity contribution is 14.1. The van der Waals surface area contributed by atoms with Gasteiger partial charge in [0.05, 0.1) is 0 Å². The Morgan fingerprint density at radius 1 is 0.875 bits per heavy atom. The molecule has 1 rings (SSSR count). The molecule has 4 unspecified atom stereocenters. The first kappa shape index (κ1) is 24.2. The van der Waals surface area contributed by atoms with Crippen LogP contribution in [0.4, 0.5) is 0 Å². The lowest BCUT2D eigenvalue weighted by Gasteiger charge is -2.40. The summed E-state index contributed by atoms with van der Waals surface area (Å²) < 4.78 is 1.29. The van der Waals surface area contributed by atoms with Crippen molar-refractivity contribution in [2.75, 3.05) is 0 Å². The van der Waals surface area contributed by atoms with Gasteiger partial charge in [-0.25, -0.2) is 0 Å². The maximum Gasteiger partial charge on any atom is 0.0222 e. The van der Waals surface area contributed by atoms with Crippen LogP contribution >= 0.6 is 67.8 Å². The molecule has 1 saturated carbocycles. The van der Waals surface area contributed by atoms with Gasteiger partial charge in [-0.2, -0.15) is 0 Å². The molecule has 0 aromatic rings. The molecular formula is C21H39I3. The molecule has 0 radical (unpaired) electrons. The number of alkyl halides is 3. The van der Waals surface area contributed by atoms with Crippen molar-refractivity contribution in [3.63, 3.8) is 0 Å². The normalized spacial score (nSPS) is 28.0. The Balaban J connectivity index is 2.61. The zero-order chi connectivity index (χ0) is 19.0. The molecule has 1 aliphatic carbocycles. The van der Waals surface area contributed by atoms with E-state index >= 15 is 0 Å². The summed E-state index contributed by atoms with van der Waals surface area (Å²) in [5, 5.41) is 0. The largest absolute Gasteiger partial charge is 0.0789 e. The highest BCUT2D eigenvalue weighted by Gasteiger charge is 2.42. The fraction of sp³-hybridized carbons (Fsp3) is 1.00. The fourth-order valence-corrected chi connectivity index (χ4v) is 5.39. The van der Waals surface area contributed by atoms with Gasteiger partial charge in [0, 0.05) is 10.3 Å². The average Bonchev–Trinajstić information content (AvgIpc) is 2.83. The Morgan fingerprint density at radius 3 is 1.88 bits per heavy atom. The van der Waals surface area contributed by atoms with Crippen molar-refractivity contribution >= 4 is 67.8 Å². The van der Waals surface area contributed by atoms with E-state index in [-0.39, 0.29) is 0 Å². The summed E-state index contributed by atoms with van der Waals surface area (Å²) in [5.41, 5.74) is 0.399. The molecule has 0 nitrogen and oxygen atoms in total. The third-order valence-corrected chi connectivity index (χ3v) is 11.7. The third kappa shape index (κ3) is 6.66. The van der Waals surface area contributed by atoms with Crippen LogP contribution in [0.2, 0.25) is 0 Å². The van der Waals surface area contributed by atoms with Crippen molar-refractivity contribution in [1.29, 1.82) is 0 Å². The smallest absolute Gasteiger partial charge is 0.0222 e. The van der Waals surface area contributed by atoms with Crippen LogP contribution < -0.4 is 0 Å².